The fourth-order valence-corrected chi connectivity index (χ4v) is 1.15. The van der Waals surface area contributed by atoms with Crippen LogP contribution >= 0.6 is 0 Å². The first kappa shape index (κ1) is 9.38. The molecule has 0 bridgehead atoms. The van der Waals surface area contributed by atoms with Crippen molar-refractivity contribution in [2.75, 3.05) is 11.9 Å². The molecule has 78 valence electrons. The molecule has 2 heterocycles. The SMILES string of the molecule is Cc1nc2c(NCC(=O)O)ncnc2o1. The number of anilines is 1. The number of rotatable bonds is 3. The standard InChI is InChI=1S/C8H8N4O3/c1-4-12-6-7(9-2-5(13)14)10-3-11-8(6)15-4/h3H,2H2,1H3,(H,13,14)(H,9,10,11). The van der Waals surface area contributed by atoms with Gasteiger partial charge in [-0.25, -0.2) is 9.97 Å². The van der Waals surface area contributed by atoms with E-state index in [-0.39, 0.29) is 6.54 Å². The average Bonchev–Trinajstić information content (AvgIpc) is 2.55. The molecule has 7 heteroatoms. The van der Waals surface area contributed by atoms with Gasteiger partial charge in [0, 0.05) is 6.92 Å². The van der Waals surface area contributed by atoms with Crippen LogP contribution < -0.4 is 5.32 Å². The number of carbonyl (C=O) groups is 1. The molecule has 0 aromatic carbocycles. The number of nitrogens with one attached hydrogen (secondary N) is 1. The second-order valence-corrected chi connectivity index (χ2v) is 2.86. The molecular weight excluding hydrogens is 200 g/mol. The lowest BCUT2D eigenvalue weighted by Crippen LogP contribution is -2.13. The molecule has 15 heavy (non-hydrogen) atoms. The van der Waals surface area contributed by atoms with Crippen LogP contribution in [0.4, 0.5) is 5.82 Å². The van der Waals surface area contributed by atoms with Gasteiger partial charge in [-0.05, 0) is 0 Å². The Labute approximate surface area is 84.2 Å². The van der Waals surface area contributed by atoms with Gasteiger partial charge in [0.2, 0.25) is 0 Å². The maximum absolute atomic E-state index is 10.4. The highest BCUT2D eigenvalue weighted by molar-refractivity contribution is 5.83. The maximum atomic E-state index is 10.4. The molecule has 0 saturated heterocycles. The van der Waals surface area contributed by atoms with Gasteiger partial charge in [-0.1, -0.05) is 0 Å². The monoisotopic (exact) mass is 208 g/mol. The van der Waals surface area contributed by atoms with Gasteiger partial charge in [0.15, 0.2) is 17.2 Å². The lowest BCUT2D eigenvalue weighted by Gasteiger charge is -2.00. The molecule has 2 rings (SSSR count). The van der Waals surface area contributed by atoms with Crippen molar-refractivity contribution in [2.24, 2.45) is 0 Å². The number of hydrogen-bond donors (Lipinski definition) is 2. The summed E-state index contributed by atoms with van der Waals surface area (Å²) < 4.78 is 5.17. The second-order valence-electron chi connectivity index (χ2n) is 2.86. The normalized spacial score (nSPS) is 10.5. The fourth-order valence-electron chi connectivity index (χ4n) is 1.15. The van der Waals surface area contributed by atoms with Gasteiger partial charge in [0.25, 0.3) is 5.71 Å². The van der Waals surface area contributed by atoms with Crippen LogP contribution in [0.5, 0.6) is 0 Å². The molecule has 2 N–H and O–H groups in total. The van der Waals surface area contributed by atoms with Crippen molar-refractivity contribution in [3.8, 4) is 0 Å². The first-order valence-electron chi connectivity index (χ1n) is 4.20. The van der Waals surface area contributed by atoms with E-state index < -0.39 is 5.97 Å². The minimum absolute atomic E-state index is 0.224. The zero-order valence-electron chi connectivity index (χ0n) is 7.89. The Bertz CT molecular complexity index is 508. The third-order valence-electron chi connectivity index (χ3n) is 1.71. The van der Waals surface area contributed by atoms with E-state index in [9.17, 15) is 4.79 Å². The predicted octanol–water partition coefficient (Wildman–Crippen LogP) is 0.423. The Balaban J connectivity index is 2.37. The maximum Gasteiger partial charge on any atom is 0.322 e. The van der Waals surface area contributed by atoms with Crippen LogP contribution in [0.25, 0.3) is 11.2 Å². The van der Waals surface area contributed by atoms with E-state index in [4.69, 9.17) is 9.52 Å². The summed E-state index contributed by atoms with van der Waals surface area (Å²) in [6.07, 6.45) is 1.29. The van der Waals surface area contributed by atoms with Crippen LogP contribution in [0.1, 0.15) is 5.89 Å². The Kier molecular flexibility index (Phi) is 2.20. The molecule has 0 saturated carbocycles. The van der Waals surface area contributed by atoms with Crippen molar-refractivity contribution in [3.05, 3.63) is 12.2 Å². The highest BCUT2D eigenvalue weighted by Crippen LogP contribution is 2.18. The fraction of sp³-hybridized carbons (Fsp3) is 0.250. The summed E-state index contributed by atoms with van der Waals surface area (Å²) in [4.78, 5) is 22.2. The summed E-state index contributed by atoms with van der Waals surface area (Å²) in [6, 6.07) is 0. The van der Waals surface area contributed by atoms with Gasteiger partial charge in [-0.3, -0.25) is 4.79 Å². The van der Waals surface area contributed by atoms with Gasteiger partial charge in [0.1, 0.15) is 12.9 Å². The van der Waals surface area contributed by atoms with Crippen molar-refractivity contribution in [1.82, 2.24) is 15.0 Å². The van der Waals surface area contributed by atoms with Crippen molar-refractivity contribution >= 4 is 23.0 Å². The molecule has 0 spiro atoms. The van der Waals surface area contributed by atoms with Crippen LogP contribution in [0.2, 0.25) is 0 Å². The lowest BCUT2D eigenvalue weighted by molar-refractivity contribution is -0.134. The molecule has 0 aliphatic heterocycles. The number of aromatic nitrogens is 3. The first-order chi connectivity index (χ1) is 7.16. The second kappa shape index (κ2) is 3.52. The number of carboxylic acid groups (broad SMARTS) is 1. The molecule has 0 radical (unpaired) electrons. The number of hydrogen-bond acceptors (Lipinski definition) is 6. The van der Waals surface area contributed by atoms with Gasteiger partial charge < -0.3 is 14.8 Å². The van der Waals surface area contributed by atoms with E-state index in [2.05, 4.69) is 20.3 Å². The topological polar surface area (TPSA) is 101 Å². The average molecular weight is 208 g/mol. The Morgan fingerprint density at radius 3 is 3.13 bits per heavy atom. The van der Waals surface area contributed by atoms with Crippen molar-refractivity contribution in [3.63, 3.8) is 0 Å². The summed E-state index contributed by atoms with van der Waals surface area (Å²) in [5.74, 6) is -0.148. The highest BCUT2D eigenvalue weighted by Gasteiger charge is 2.10. The molecule has 0 aliphatic rings. The van der Waals surface area contributed by atoms with Crippen molar-refractivity contribution in [2.45, 2.75) is 6.92 Å². The minimum atomic E-state index is -0.970. The molecule has 0 atom stereocenters. The Morgan fingerprint density at radius 2 is 2.40 bits per heavy atom. The molecule has 0 unspecified atom stereocenters. The summed E-state index contributed by atoms with van der Waals surface area (Å²) in [5, 5.41) is 11.1. The van der Waals surface area contributed by atoms with E-state index in [0.29, 0.717) is 22.9 Å². The van der Waals surface area contributed by atoms with Gasteiger partial charge in [-0.15, -0.1) is 0 Å². The third-order valence-corrected chi connectivity index (χ3v) is 1.71. The molecule has 0 amide bonds. The van der Waals surface area contributed by atoms with E-state index in [1.54, 1.807) is 6.92 Å². The number of nitrogens with zero attached hydrogens (tertiary/aromatic N) is 3. The quantitative estimate of drug-likeness (QED) is 0.753. The smallest absolute Gasteiger partial charge is 0.322 e. The molecule has 2 aromatic rings. The lowest BCUT2D eigenvalue weighted by atomic mass is 10.5. The summed E-state index contributed by atoms with van der Waals surface area (Å²) >= 11 is 0. The first-order valence-corrected chi connectivity index (χ1v) is 4.20. The number of aryl methyl sites for hydroxylation is 1. The number of fused-ring (bicyclic) bond motifs is 1. The van der Waals surface area contributed by atoms with E-state index in [1.165, 1.54) is 6.33 Å². The van der Waals surface area contributed by atoms with Gasteiger partial charge >= 0.3 is 5.97 Å². The van der Waals surface area contributed by atoms with Gasteiger partial charge in [0.05, 0.1) is 0 Å². The largest absolute Gasteiger partial charge is 0.480 e. The van der Waals surface area contributed by atoms with Crippen molar-refractivity contribution in [1.29, 1.82) is 0 Å². The zero-order valence-corrected chi connectivity index (χ0v) is 7.89. The Morgan fingerprint density at radius 1 is 1.60 bits per heavy atom. The molecule has 0 aliphatic carbocycles. The number of oxazole rings is 1. The molecule has 2 aromatic heterocycles. The number of aliphatic carboxylic acids is 1. The summed E-state index contributed by atoms with van der Waals surface area (Å²) in [5.41, 5.74) is 0.784. The van der Waals surface area contributed by atoms with Crippen LogP contribution in [0.3, 0.4) is 0 Å². The molecule has 7 nitrogen and oxygen atoms in total. The van der Waals surface area contributed by atoms with E-state index >= 15 is 0 Å². The van der Waals surface area contributed by atoms with Crippen molar-refractivity contribution < 1.29 is 14.3 Å². The van der Waals surface area contributed by atoms with Gasteiger partial charge in [-0.2, -0.15) is 4.98 Å². The summed E-state index contributed by atoms with van der Waals surface area (Å²) in [7, 11) is 0. The minimum Gasteiger partial charge on any atom is -0.480 e. The van der Waals surface area contributed by atoms with Crippen LogP contribution in [0, 0.1) is 6.92 Å². The Hall–Kier alpha value is -2.18. The van der Waals surface area contributed by atoms with E-state index in [0.717, 1.165) is 0 Å². The number of carboxylic acids is 1. The predicted molar refractivity (Wildman–Crippen MR) is 50.5 cm³/mol. The summed E-state index contributed by atoms with van der Waals surface area (Å²) in [6.45, 7) is 1.46. The molecular formula is C8H8N4O3. The molecule has 0 fully saturated rings. The van der Waals surface area contributed by atoms with E-state index in [1.807, 2.05) is 0 Å². The van der Waals surface area contributed by atoms with Crippen LogP contribution in [-0.2, 0) is 4.79 Å². The van der Waals surface area contributed by atoms with Crippen LogP contribution in [0.15, 0.2) is 10.7 Å². The third kappa shape index (κ3) is 1.85. The highest BCUT2D eigenvalue weighted by atomic mass is 16.4. The van der Waals surface area contributed by atoms with Crippen LogP contribution in [-0.4, -0.2) is 32.6 Å². The zero-order chi connectivity index (χ0) is 10.8.